The quantitative estimate of drug-likeness (QED) is 0.852. The van der Waals surface area contributed by atoms with Crippen LogP contribution >= 0.6 is 0 Å². The topological polar surface area (TPSA) is 61.0 Å². The first-order valence-electron chi connectivity index (χ1n) is 5.34. The minimum Gasteiger partial charge on any atom is -0.434 e. The molecule has 2 N–H and O–H groups in total. The van der Waals surface area contributed by atoms with E-state index in [-0.39, 0.29) is 23.0 Å². The van der Waals surface area contributed by atoms with Crippen LogP contribution < -0.4 is 10.5 Å². The van der Waals surface area contributed by atoms with E-state index < -0.39 is 11.6 Å². The largest absolute Gasteiger partial charge is 0.434 e. The van der Waals surface area contributed by atoms with Gasteiger partial charge in [0.05, 0.1) is 11.4 Å². The second kappa shape index (κ2) is 4.95. The highest BCUT2D eigenvalue weighted by molar-refractivity contribution is 5.53. The predicted octanol–water partition coefficient (Wildman–Crippen LogP) is 2.69. The molecule has 2 aromatic rings. The number of hydrogen-bond donors (Lipinski definition) is 1. The summed E-state index contributed by atoms with van der Waals surface area (Å²) < 4.78 is 31.9. The molecule has 0 saturated carbocycles. The predicted molar refractivity (Wildman–Crippen MR) is 62.3 cm³/mol. The summed E-state index contributed by atoms with van der Waals surface area (Å²) in [7, 11) is 0. The Morgan fingerprint density at radius 3 is 2.72 bits per heavy atom. The fourth-order valence-electron chi connectivity index (χ4n) is 1.42. The number of halogens is 2. The first kappa shape index (κ1) is 12.2. The average molecular weight is 251 g/mol. The number of benzene rings is 1. The third-order valence-electron chi connectivity index (χ3n) is 2.34. The number of anilines is 1. The van der Waals surface area contributed by atoms with Crippen molar-refractivity contribution in [1.29, 1.82) is 0 Å². The fourth-order valence-corrected chi connectivity index (χ4v) is 1.42. The zero-order chi connectivity index (χ0) is 13.1. The van der Waals surface area contributed by atoms with Gasteiger partial charge in [-0.15, -0.1) is 0 Å². The van der Waals surface area contributed by atoms with Gasteiger partial charge in [-0.1, -0.05) is 6.92 Å². The first-order valence-corrected chi connectivity index (χ1v) is 5.34. The molecule has 94 valence electrons. The van der Waals surface area contributed by atoms with Crippen LogP contribution in [0.3, 0.4) is 0 Å². The SMILES string of the molecule is CCc1ncnc(Oc2ccc(F)cc2N)c1F. The Labute approximate surface area is 102 Å². The summed E-state index contributed by atoms with van der Waals surface area (Å²) in [6.07, 6.45) is 1.63. The van der Waals surface area contributed by atoms with E-state index in [1.54, 1.807) is 6.92 Å². The van der Waals surface area contributed by atoms with Gasteiger partial charge in [-0.2, -0.15) is 9.37 Å². The van der Waals surface area contributed by atoms with Crippen LogP contribution in [0.2, 0.25) is 0 Å². The summed E-state index contributed by atoms with van der Waals surface area (Å²) in [5, 5.41) is 0. The van der Waals surface area contributed by atoms with E-state index in [2.05, 4.69) is 9.97 Å². The molecule has 0 aliphatic heterocycles. The molecular formula is C12H11F2N3O. The molecule has 4 nitrogen and oxygen atoms in total. The Morgan fingerprint density at radius 1 is 1.28 bits per heavy atom. The summed E-state index contributed by atoms with van der Waals surface area (Å²) in [6, 6.07) is 3.58. The Hall–Kier alpha value is -2.24. The van der Waals surface area contributed by atoms with E-state index in [0.29, 0.717) is 6.42 Å². The van der Waals surface area contributed by atoms with Crippen LogP contribution in [0.4, 0.5) is 14.5 Å². The summed E-state index contributed by atoms with van der Waals surface area (Å²) in [6.45, 7) is 1.77. The van der Waals surface area contributed by atoms with Crippen LogP contribution in [0.5, 0.6) is 11.6 Å². The molecular weight excluding hydrogens is 240 g/mol. The zero-order valence-corrected chi connectivity index (χ0v) is 9.65. The van der Waals surface area contributed by atoms with Crippen molar-refractivity contribution >= 4 is 5.69 Å². The van der Waals surface area contributed by atoms with Crippen molar-refractivity contribution in [2.24, 2.45) is 0 Å². The van der Waals surface area contributed by atoms with Crippen molar-refractivity contribution < 1.29 is 13.5 Å². The monoisotopic (exact) mass is 251 g/mol. The lowest BCUT2D eigenvalue weighted by Gasteiger charge is -2.09. The van der Waals surface area contributed by atoms with Crippen molar-refractivity contribution in [3.63, 3.8) is 0 Å². The van der Waals surface area contributed by atoms with Crippen LogP contribution in [0.15, 0.2) is 24.5 Å². The first-order chi connectivity index (χ1) is 8.61. The van der Waals surface area contributed by atoms with Gasteiger partial charge in [0, 0.05) is 6.07 Å². The highest BCUT2D eigenvalue weighted by Crippen LogP contribution is 2.28. The third kappa shape index (κ3) is 2.37. The summed E-state index contributed by atoms with van der Waals surface area (Å²) in [5.74, 6) is -1.20. The molecule has 2 rings (SSSR count). The van der Waals surface area contributed by atoms with Gasteiger partial charge >= 0.3 is 0 Å². The number of rotatable bonds is 3. The van der Waals surface area contributed by atoms with Crippen molar-refractivity contribution in [3.05, 3.63) is 41.9 Å². The van der Waals surface area contributed by atoms with Crippen molar-refractivity contribution in [1.82, 2.24) is 9.97 Å². The van der Waals surface area contributed by atoms with E-state index in [4.69, 9.17) is 10.5 Å². The Bertz CT molecular complexity index is 575. The van der Waals surface area contributed by atoms with Gasteiger partial charge in [-0.3, -0.25) is 0 Å². The standard InChI is InChI=1S/C12H11F2N3O/c1-2-9-11(14)12(17-6-16-9)18-10-4-3-7(13)5-8(10)15/h3-6H,2,15H2,1H3. The van der Waals surface area contributed by atoms with Crippen LogP contribution in [-0.4, -0.2) is 9.97 Å². The maximum atomic E-state index is 13.8. The smallest absolute Gasteiger partial charge is 0.259 e. The lowest BCUT2D eigenvalue weighted by Crippen LogP contribution is -2.01. The highest BCUT2D eigenvalue weighted by Gasteiger charge is 2.13. The van der Waals surface area contributed by atoms with Crippen LogP contribution in [0, 0.1) is 11.6 Å². The van der Waals surface area contributed by atoms with E-state index in [1.807, 2.05) is 0 Å². The van der Waals surface area contributed by atoms with E-state index in [1.165, 1.54) is 18.5 Å². The summed E-state index contributed by atoms with van der Waals surface area (Å²) in [4.78, 5) is 7.47. The van der Waals surface area contributed by atoms with Gasteiger partial charge in [-0.25, -0.2) is 9.37 Å². The molecule has 0 aliphatic carbocycles. The maximum absolute atomic E-state index is 13.8. The lowest BCUT2D eigenvalue weighted by atomic mass is 10.3. The number of aryl methyl sites for hydroxylation is 1. The molecule has 0 fully saturated rings. The number of nitrogen functional groups attached to an aromatic ring is 1. The molecule has 1 aromatic carbocycles. The number of ether oxygens (including phenoxy) is 1. The molecule has 0 aliphatic rings. The molecule has 0 radical (unpaired) electrons. The molecule has 1 aromatic heterocycles. The van der Waals surface area contributed by atoms with Gasteiger partial charge in [0.15, 0.2) is 5.75 Å². The van der Waals surface area contributed by atoms with Crippen LogP contribution in [0.1, 0.15) is 12.6 Å². The molecule has 1 heterocycles. The van der Waals surface area contributed by atoms with Crippen molar-refractivity contribution in [2.45, 2.75) is 13.3 Å². The number of aromatic nitrogens is 2. The third-order valence-corrected chi connectivity index (χ3v) is 2.34. The minimum atomic E-state index is -0.635. The van der Waals surface area contributed by atoms with Gasteiger partial charge in [0.2, 0.25) is 5.82 Å². The average Bonchev–Trinajstić information content (AvgIpc) is 2.35. The highest BCUT2D eigenvalue weighted by atomic mass is 19.1. The van der Waals surface area contributed by atoms with Crippen LogP contribution in [0.25, 0.3) is 0 Å². The van der Waals surface area contributed by atoms with Gasteiger partial charge < -0.3 is 10.5 Å². The van der Waals surface area contributed by atoms with E-state index in [9.17, 15) is 8.78 Å². The Kier molecular flexibility index (Phi) is 3.36. The summed E-state index contributed by atoms with van der Waals surface area (Å²) >= 11 is 0. The summed E-state index contributed by atoms with van der Waals surface area (Å²) in [5.41, 5.74) is 5.88. The van der Waals surface area contributed by atoms with E-state index >= 15 is 0 Å². The molecule has 0 atom stereocenters. The lowest BCUT2D eigenvalue weighted by molar-refractivity contribution is 0.416. The van der Waals surface area contributed by atoms with Gasteiger partial charge in [0.25, 0.3) is 5.88 Å². The normalized spacial score (nSPS) is 10.4. The fraction of sp³-hybridized carbons (Fsp3) is 0.167. The Morgan fingerprint density at radius 2 is 2.06 bits per heavy atom. The maximum Gasteiger partial charge on any atom is 0.259 e. The molecule has 0 bridgehead atoms. The van der Waals surface area contributed by atoms with Crippen LogP contribution in [-0.2, 0) is 6.42 Å². The molecule has 0 spiro atoms. The Balaban J connectivity index is 2.34. The van der Waals surface area contributed by atoms with E-state index in [0.717, 1.165) is 6.07 Å². The molecule has 0 unspecified atom stereocenters. The molecule has 0 saturated heterocycles. The number of hydrogen-bond acceptors (Lipinski definition) is 4. The number of nitrogens with zero attached hydrogens (tertiary/aromatic N) is 2. The molecule has 0 amide bonds. The molecule has 6 heteroatoms. The minimum absolute atomic E-state index is 0.0751. The number of nitrogens with two attached hydrogens (primary N) is 1. The van der Waals surface area contributed by atoms with Gasteiger partial charge in [-0.05, 0) is 18.6 Å². The zero-order valence-electron chi connectivity index (χ0n) is 9.65. The second-order valence-electron chi connectivity index (χ2n) is 3.58. The van der Waals surface area contributed by atoms with Crippen molar-refractivity contribution in [2.75, 3.05) is 5.73 Å². The molecule has 18 heavy (non-hydrogen) atoms. The van der Waals surface area contributed by atoms with Crippen molar-refractivity contribution in [3.8, 4) is 11.6 Å². The van der Waals surface area contributed by atoms with Gasteiger partial charge in [0.1, 0.15) is 12.1 Å². The second-order valence-corrected chi connectivity index (χ2v) is 3.58.